The van der Waals surface area contributed by atoms with Crippen LogP contribution in [0.1, 0.15) is 57.4 Å². The van der Waals surface area contributed by atoms with Crippen molar-refractivity contribution in [2.24, 2.45) is 11.7 Å². The lowest BCUT2D eigenvalue weighted by molar-refractivity contribution is 0.106. The van der Waals surface area contributed by atoms with Gasteiger partial charge in [-0.05, 0) is 47.7 Å². The van der Waals surface area contributed by atoms with Crippen LogP contribution in [0.2, 0.25) is 0 Å². The molecule has 1 fully saturated rings. The summed E-state index contributed by atoms with van der Waals surface area (Å²) < 4.78 is 1.18. The maximum atomic E-state index is 6.37. The molecule has 2 atom stereocenters. The number of thiophene rings is 1. The fourth-order valence-electron chi connectivity index (χ4n) is 3.36. The van der Waals surface area contributed by atoms with Gasteiger partial charge in [0.1, 0.15) is 0 Å². The smallest absolute Gasteiger partial charge is 0.0593 e. The average molecular weight is 359 g/mol. The Labute approximate surface area is 135 Å². The molecule has 0 bridgehead atoms. The van der Waals surface area contributed by atoms with Crippen molar-refractivity contribution >= 4 is 27.3 Å². The molecule has 4 heteroatoms. The van der Waals surface area contributed by atoms with Gasteiger partial charge in [0.2, 0.25) is 0 Å². The summed E-state index contributed by atoms with van der Waals surface area (Å²) in [5, 5.41) is 2.17. The van der Waals surface area contributed by atoms with Crippen LogP contribution in [0, 0.1) is 5.92 Å². The predicted octanol–water partition coefficient (Wildman–Crippen LogP) is 4.80. The Morgan fingerprint density at radius 3 is 2.45 bits per heavy atom. The highest BCUT2D eigenvalue weighted by molar-refractivity contribution is 9.10. The molecule has 1 aliphatic carbocycles. The Kier molecular flexibility index (Phi) is 6.09. The lowest BCUT2D eigenvalue weighted by Crippen LogP contribution is -2.45. The van der Waals surface area contributed by atoms with Gasteiger partial charge in [0.25, 0.3) is 0 Å². The lowest BCUT2D eigenvalue weighted by atomic mass is 10.0. The summed E-state index contributed by atoms with van der Waals surface area (Å²) in [6.07, 6.45) is 5.42. The second kappa shape index (κ2) is 7.39. The number of hydrogen-bond acceptors (Lipinski definition) is 3. The van der Waals surface area contributed by atoms with E-state index in [-0.39, 0.29) is 6.04 Å². The van der Waals surface area contributed by atoms with Crippen molar-refractivity contribution in [3.63, 3.8) is 0 Å². The van der Waals surface area contributed by atoms with Crippen molar-refractivity contribution in [1.29, 1.82) is 0 Å². The number of halogens is 1. The van der Waals surface area contributed by atoms with Gasteiger partial charge in [0, 0.05) is 33.4 Å². The van der Waals surface area contributed by atoms with Crippen LogP contribution in [0.4, 0.5) is 0 Å². The molecule has 0 aliphatic heterocycles. The molecule has 2 N–H and O–H groups in total. The molecule has 0 saturated heterocycles. The lowest BCUT2D eigenvalue weighted by Gasteiger charge is -2.39. The van der Waals surface area contributed by atoms with Gasteiger partial charge in [-0.1, -0.05) is 26.7 Å². The van der Waals surface area contributed by atoms with E-state index in [1.54, 1.807) is 0 Å². The maximum Gasteiger partial charge on any atom is 0.0593 e. The van der Waals surface area contributed by atoms with Gasteiger partial charge >= 0.3 is 0 Å². The van der Waals surface area contributed by atoms with Crippen LogP contribution in [0.25, 0.3) is 0 Å². The standard InChI is InChI=1S/C16H27BrN2S/c1-11(2)9-19(14-6-4-5-7-14)16(12(3)18)15-8-13(17)10-20-15/h8,10-12,14,16H,4-7,9,18H2,1-3H3. The highest BCUT2D eigenvalue weighted by atomic mass is 79.9. The fourth-order valence-corrected chi connectivity index (χ4v) is 5.03. The van der Waals surface area contributed by atoms with Crippen molar-refractivity contribution < 1.29 is 0 Å². The van der Waals surface area contributed by atoms with E-state index in [0.717, 1.165) is 6.54 Å². The predicted molar refractivity (Wildman–Crippen MR) is 92.2 cm³/mol. The normalized spacial score (nSPS) is 19.9. The molecule has 1 aromatic rings. The van der Waals surface area contributed by atoms with E-state index < -0.39 is 0 Å². The first kappa shape index (κ1) is 16.5. The number of nitrogens with zero attached hydrogens (tertiary/aromatic N) is 1. The Morgan fingerprint density at radius 2 is 2.00 bits per heavy atom. The number of hydrogen-bond donors (Lipinski definition) is 1. The minimum atomic E-state index is 0.167. The molecule has 20 heavy (non-hydrogen) atoms. The SMILES string of the molecule is CC(C)CN(C1CCCC1)C(c1cc(Br)cs1)C(C)N. The van der Waals surface area contributed by atoms with Crippen molar-refractivity contribution in [2.75, 3.05) is 6.54 Å². The zero-order valence-corrected chi connectivity index (χ0v) is 15.2. The van der Waals surface area contributed by atoms with E-state index in [1.807, 2.05) is 11.3 Å². The highest BCUT2D eigenvalue weighted by Gasteiger charge is 2.32. The summed E-state index contributed by atoms with van der Waals surface area (Å²) in [6, 6.07) is 3.49. The summed E-state index contributed by atoms with van der Waals surface area (Å²) in [5.74, 6) is 0.681. The number of rotatable bonds is 6. The average Bonchev–Trinajstić information content (AvgIpc) is 2.98. The van der Waals surface area contributed by atoms with Crippen LogP contribution >= 0.6 is 27.3 Å². The summed E-state index contributed by atoms with van der Waals surface area (Å²) >= 11 is 5.42. The van der Waals surface area contributed by atoms with Gasteiger partial charge in [-0.2, -0.15) is 0 Å². The van der Waals surface area contributed by atoms with Crippen LogP contribution < -0.4 is 5.73 Å². The Balaban J connectivity index is 2.25. The van der Waals surface area contributed by atoms with E-state index in [2.05, 4.69) is 53.0 Å². The van der Waals surface area contributed by atoms with E-state index in [9.17, 15) is 0 Å². The van der Waals surface area contributed by atoms with Crippen LogP contribution in [0.5, 0.6) is 0 Å². The Hall–Kier alpha value is 0.1000. The molecular weight excluding hydrogens is 332 g/mol. The van der Waals surface area contributed by atoms with Gasteiger partial charge in [-0.15, -0.1) is 11.3 Å². The molecule has 0 aromatic carbocycles. The second-order valence-corrected chi connectivity index (χ2v) is 8.36. The van der Waals surface area contributed by atoms with Gasteiger partial charge < -0.3 is 5.73 Å². The molecule has 0 spiro atoms. The molecule has 2 nitrogen and oxygen atoms in total. The minimum Gasteiger partial charge on any atom is -0.326 e. The van der Waals surface area contributed by atoms with E-state index >= 15 is 0 Å². The van der Waals surface area contributed by atoms with Gasteiger partial charge in [0.15, 0.2) is 0 Å². The summed E-state index contributed by atoms with van der Waals surface area (Å²) in [7, 11) is 0. The van der Waals surface area contributed by atoms with E-state index in [4.69, 9.17) is 5.73 Å². The minimum absolute atomic E-state index is 0.167. The van der Waals surface area contributed by atoms with E-state index in [0.29, 0.717) is 18.0 Å². The van der Waals surface area contributed by atoms with Gasteiger partial charge in [0.05, 0.1) is 6.04 Å². The molecule has 2 unspecified atom stereocenters. The highest BCUT2D eigenvalue weighted by Crippen LogP contribution is 2.36. The van der Waals surface area contributed by atoms with Crippen molar-refractivity contribution in [1.82, 2.24) is 4.90 Å². The fraction of sp³-hybridized carbons (Fsp3) is 0.750. The van der Waals surface area contributed by atoms with Crippen LogP contribution in [-0.4, -0.2) is 23.5 Å². The molecule has 1 aromatic heterocycles. The summed E-state index contributed by atoms with van der Waals surface area (Å²) in [4.78, 5) is 4.10. The third-order valence-corrected chi connectivity index (χ3v) is 5.87. The zero-order valence-electron chi connectivity index (χ0n) is 12.8. The monoisotopic (exact) mass is 358 g/mol. The van der Waals surface area contributed by atoms with E-state index in [1.165, 1.54) is 35.0 Å². The van der Waals surface area contributed by atoms with Crippen LogP contribution in [0.3, 0.4) is 0 Å². The van der Waals surface area contributed by atoms with Gasteiger partial charge in [-0.25, -0.2) is 0 Å². The van der Waals surface area contributed by atoms with Crippen LogP contribution in [0.15, 0.2) is 15.9 Å². The van der Waals surface area contributed by atoms with Gasteiger partial charge in [-0.3, -0.25) is 4.90 Å². The quantitative estimate of drug-likeness (QED) is 0.791. The molecule has 1 saturated carbocycles. The molecule has 1 aliphatic rings. The number of nitrogens with two attached hydrogens (primary N) is 1. The summed E-state index contributed by atoms with van der Waals surface area (Å²) in [5.41, 5.74) is 6.37. The van der Waals surface area contributed by atoms with Crippen LogP contribution in [-0.2, 0) is 0 Å². The molecule has 2 rings (SSSR count). The summed E-state index contributed by atoms with van der Waals surface area (Å²) in [6.45, 7) is 7.92. The molecule has 1 heterocycles. The Morgan fingerprint density at radius 1 is 1.35 bits per heavy atom. The molecule has 0 amide bonds. The third kappa shape index (κ3) is 4.06. The third-order valence-electron chi connectivity index (χ3n) is 4.10. The first-order valence-electron chi connectivity index (χ1n) is 7.74. The molecule has 0 radical (unpaired) electrons. The molecule has 114 valence electrons. The van der Waals surface area contributed by atoms with Crippen molar-refractivity contribution in [3.8, 4) is 0 Å². The first-order chi connectivity index (χ1) is 9.49. The topological polar surface area (TPSA) is 29.3 Å². The largest absolute Gasteiger partial charge is 0.326 e. The first-order valence-corrected chi connectivity index (χ1v) is 9.41. The Bertz CT molecular complexity index is 410. The zero-order chi connectivity index (χ0) is 14.7. The molecular formula is C16H27BrN2S. The second-order valence-electron chi connectivity index (χ2n) is 6.50. The van der Waals surface area contributed by atoms with Crippen molar-refractivity contribution in [3.05, 3.63) is 20.8 Å². The van der Waals surface area contributed by atoms with Crippen molar-refractivity contribution in [2.45, 2.75) is 64.6 Å². The maximum absolute atomic E-state index is 6.37.